The molecule has 1 aromatic carbocycles. The van der Waals surface area contributed by atoms with Gasteiger partial charge in [0.25, 0.3) is 0 Å². The maximum absolute atomic E-state index is 5.34. The predicted octanol–water partition coefficient (Wildman–Crippen LogP) is 4.11. The molecule has 1 aromatic heterocycles. The van der Waals surface area contributed by atoms with Gasteiger partial charge in [-0.2, -0.15) is 0 Å². The number of fused-ring (bicyclic) bond motifs is 1. The minimum absolute atomic E-state index is 0.490. The molecule has 0 aliphatic heterocycles. The summed E-state index contributed by atoms with van der Waals surface area (Å²) in [4.78, 5) is 6.32. The van der Waals surface area contributed by atoms with E-state index in [0.29, 0.717) is 6.04 Å². The zero-order valence-corrected chi connectivity index (χ0v) is 13.7. The zero-order chi connectivity index (χ0) is 14.8. The Hall–Kier alpha value is -1.39. The van der Waals surface area contributed by atoms with E-state index >= 15 is 0 Å². The molecule has 2 aromatic rings. The van der Waals surface area contributed by atoms with Crippen LogP contribution in [0.5, 0.6) is 5.75 Å². The number of methoxy groups -OCH3 is 1. The summed E-state index contributed by atoms with van der Waals surface area (Å²) in [5, 5.41) is 4.72. The second-order valence-corrected chi connectivity index (χ2v) is 6.55. The number of nitrogens with one attached hydrogen (secondary N) is 1. The second-order valence-electron chi connectivity index (χ2n) is 5.52. The molecule has 4 heteroatoms. The third kappa shape index (κ3) is 2.83. The van der Waals surface area contributed by atoms with Crippen molar-refractivity contribution in [3.63, 3.8) is 0 Å². The van der Waals surface area contributed by atoms with Crippen molar-refractivity contribution >= 4 is 11.3 Å². The number of rotatable bonds is 4. The first-order valence-corrected chi connectivity index (χ1v) is 8.42. The first kappa shape index (κ1) is 14.5. The molecule has 21 heavy (non-hydrogen) atoms. The summed E-state index contributed by atoms with van der Waals surface area (Å²) in [6.07, 6.45) is 3.57. The zero-order valence-electron chi connectivity index (χ0n) is 12.9. The smallest absolute Gasteiger partial charge is 0.123 e. The molecule has 3 rings (SSSR count). The number of benzene rings is 1. The Kier molecular flexibility index (Phi) is 4.27. The Morgan fingerprint density at radius 3 is 3.00 bits per heavy atom. The predicted molar refractivity (Wildman–Crippen MR) is 88.2 cm³/mol. The van der Waals surface area contributed by atoms with E-state index in [1.54, 1.807) is 7.11 Å². The highest BCUT2D eigenvalue weighted by atomic mass is 32.1. The van der Waals surface area contributed by atoms with Gasteiger partial charge in [-0.3, -0.25) is 0 Å². The van der Waals surface area contributed by atoms with Crippen LogP contribution in [-0.4, -0.2) is 18.6 Å². The van der Waals surface area contributed by atoms with Crippen molar-refractivity contribution in [1.29, 1.82) is 0 Å². The fraction of sp³-hybridized carbons (Fsp3) is 0.471. The van der Waals surface area contributed by atoms with Gasteiger partial charge in [0.1, 0.15) is 10.8 Å². The van der Waals surface area contributed by atoms with Crippen LogP contribution in [-0.2, 0) is 6.42 Å². The van der Waals surface area contributed by atoms with Gasteiger partial charge >= 0.3 is 0 Å². The minimum atomic E-state index is 0.490. The van der Waals surface area contributed by atoms with E-state index in [2.05, 4.69) is 31.3 Å². The van der Waals surface area contributed by atoms with Gasteiger partial charge in [0, 0.05) is 16.5 Å². The van der Waals surface area contributed by atoms with Gasteiger partial charge in [0.2, 0.25) is 0 Å². The number of thiazole rings is 1. The topological polar surface area (TPSA) is 34.2 Å². The number of ether oxygens (including phenoxy) is 1. The normalized spacial score (nSPS) is 17.6. The molecule has 1 unspecified atom stereocenters. The number of aryl methyl sites for hydroxylation is 2. The lowest BCUT2D eigenvalue weighted by atomic mass is 9.98. The molecule has 1 aliphatic rings. The van der Waals surface area contributed by atoms with Gasteiger partial charge < -0.3 is 10.1 Å². The Morgan fingerprint density at radius 2 is 2.29 bits per heavy atom. The summed E-state index contributed by atoms with van der Waals surface area (Å²) in [5.74, 6) is 0.936. The van der Waals surface area contributed by atoms with Crippen molar-refractivity contribution < 1.29 is 4.74 Å². The fourth-order valence-corrected chi connectivity index (χ4v) is 4.21. The van der Waals surface area contributed by atoms with Gasteiger partial charge in [-0.1, -0.05) is 6.92 Å². The molecular weight excluding hydrogens is 280 g/mol. The van der Waals surface area contributed by atoms with Crippen LogP contribution in [0.4, 0.5) is 0 Å². The monoisotopic (exact) mass is 302 g/mol. The maximum Gasteiger partial charge on any atom is 0.123 e. The van der Waals surface area contributed by atoms with Crippen LogP contribution in [0, 0.1) is 6.92 Å². The highest BCUT2D eigenvalue weighted by Crippen LogP contribution is 2.38. The van der Waals surface area contributed by atoms with E-state index in [1.807, 2.05) is 17.4 Å². The standard InChI is InChI=1S/C17H22N2OS/c1-4-18-13-6-5-7-14-16(13)21-17(19-14)12-8-9-15(20-3)11(2)10-12/h8-10,13,18H,4-7H2,1-3H3. The molecule has 0 saturated heterocycles. The minimum Gasteiger partial charge on any atom is -0.496 e. The van der Waals surface area contributed by atoms with Gasteiger partial charge in [0.05, 0.1) is 12.8 Å². The molecule has 1 atom stereocenters. The highest BCUT2D eigenvalue weighted by Gasteiger charge is 2.24. The van der Waals surface area contributed by atoms with E-state index in [9.17, 15) is 0 Å². The lowest BCUT2D eigenvalue weighted by Gasteiger charge is -2.21. The number of nitrogens with zero attached hydrogens (tertiary/aromatic N) is 1. The summed E-state index contributed by atoms with van der Waals surface area (Å²) in [5.41, 5.74) is 3.65. The van der Waals surface area contributed by atoms with Crippen LogP contribution in [0.3, 0.4) is 0 Å². The summed E-state index contributed by atoms with van der Waals surface area (Å²) in [7, 11) is 1.71. The molecule has 112 valence electrons. The average Bonchev–Trinajstić information content (AvgIpc) is 2.92. The summed E-state index contributed by atoms with van der Waals surface area (Å²) >= 11 is 1.84. The average molecular weight is 302 g/mol. The molecule has 1 heterocycles. The molecule has 1 N–H and O–H groups in total. The van der Waals surface area contributed by atoms with E-state index in [-0.39, 0.29) is 0 Å². The van der Waals surface area contributed by atoms with Crippen molar-refractivity contribution in [2.75, 3.05) is 13.7 Å². The Morgan fingerprint density at radius 1 is 1.43 bits per heavy atom. The maximum atomic E-state index is 5.34. The SMILES string of the molecule is CCNC1CCCc2nc(-c3ccc(OC)c(C)c3)sc21. The lowest BCUT2D eigenvalue weighted by Crippen LogP contribution is -2.23. The molecule has 3 nitrogen and oxygen atoms in total. The first-order valence-electron chi connectivity index (χ1n) is 7.61. The largest absolute Gasteiger partial charge is 0.496 e. The van der Waals surface area contributed by atoms with Gasteiger partial charge in [-0.05, 0) is 56.5 Å². The number of hydrogen-bond donors (Lipinski definition) is 1. The molecule has 0 radical (unpaired) electrons. The van der Waals surface area contributed by atoms with Crippen molar-refractivity contribution in [3.8, 4) is 16.3 Å². The quantitative estimate of drug-likeness (QED) is 0.922. The third-order valence-electron chi connectivity index (χ3n) is 4.04. The first-order chi connectivity index (χ1) is 10.2. The van der Waals surface area contributed by atoms with Crippen LogP contribution < -0.4 is 10.1 Å². The number of aromatic nitrogens is 1. The van der Waals surface area contributed by atoms with Crippen molar-refractivity contribution in [2.24, 2.45) is 0 Å². The Balaban J connectivity index is 1.95. The van der Waals surface area contributed by atoms with Gasteiger partial charge in [-0.25, -0.2) is 4.98 Å². The van der Waals surface area contributed by atoms with Crippen LogP contribution >= 0.6 is 11.3 Å². The fourth-order valence-electron chi connectivity index (χ4n) is 3.00. The third-order valence-corrected chi connectivity index (χ3v) is 5.30. The van der Waals surface area contributed by atoms with Crippen LogP contribution in [0.2, 0.25) is 0 Å². The highest BCUT2D eigenvalue weighted by molar-refractivity contribution is 7.15. The molecule has 0 spiro atoms. The van der Waals surface area contributed by atoms with Crippen LogP contribution in [0.25, 0.3) is 10.6 Å². The van der Waals surface area contributed by atoms with Crippen molar-refractivity contribution in [1.82, 2.24) is 10.3 Å². The second kappa shape index (κ2) is 6.16. The van der Waals surface area contributed by atoms with Crippen molar-refractivity contribution in [2.45, 2.75) is 39.2 Å². The van der Waals surface area contributed by atoms with Crippen LogP contribution in [0.1, 0.15) is 41.9 Å². The van der Waals surface area contributed by atoms with Gasteiger partial charge in [-0.15, -0.1) is 11.3 Å². The Labute approximate surface area is 130 Å². The summed E-state index contributed by atoms with van der Waals surface area (Å²) in [6.45, 7) is 5.26. The molecule has 0 fully saturated rings. The van der Waals surface area contributed by atoms with Gasteiger partial charge in [0.15, 0.2) is 0 Å². The van der Waals surface area contributed by atoms with E-state index in [1.165, 1.54) is 29.0 Å². The Bertz CT molecular complexity index is 636. The summed E-state index contributed by atoms with van der Waals surface area (Å²) in [6, 6.07) is 6.81. The molecule has 0 bridgehead atoms. The van der Waals surface area contributed by atoms with E-state index in [4.69, 9.17) is 9.72 Å². The van der Waals surface area contributed by atoms with E-state index in [0.717, 1.165) is 29.3 Å². The summed E-state index contributed by atoms with van der Waals surface area (Å²) < 4.78 is 5.34. The lowest BCUT2D eigenvalue weighted by molar-refractivity contribution is 0.412. The van der Waals surface area contributed by atoms with Crippen molar-refractivity contribution in [3.05, 3.63) is 34.3 Å². The number of hydrogen-bond acceptors (Lipinski definition) is 4. The van der Waals surface area contributed by atoms with Crippen LogP contribution in [0.15, 0.2) is 18.2 Å². The molecular formula is C17H22N2OS. The molecule has 0 amide bonds. The molecule has 0 saturated carbocycles. The van der Waals surface area contributed by atoms with E-state index < -0.39 is 0 Å². The molecule has 1 aliphatic carbocycles.